The minimum absolute atomic E-state index is 0.640. The Morgan fingerprint density at radius 3 is 2.35 bits per heavy atom. The first-order valence-electron chi connectivity index (χ1n) is 6.15. The number of rotatable bonds is 5. The molecular formula is C16H18O. The topological polar surface area (TPSA) is 9.23 Å². The fourth-order valence-electron chi connectivity index (χ4n) is 1.86. The molecule has 0 amide bonds. The highest BCUT2D eigenvalue weighted by Gasteiger charge is 2.01. The molecular weight excluding hydrogens is 208 g/mol. The van der Waals surface area contributed by atoms with Crippen LogP contribution in [-0.4, -0.2) is 0 Å². The van der Waals surface area contributed by atoms with Crippen molar-refractivity contribution in [3.63, 3.8) is 0 Å². The van der Waals surface area contributed by atoms with Gasteiger partial charge in [0.1, 0.15) is 12.4 Å². The Balaban J connectivity index is 2.03. The summed E-state index contributed by atoms with van der Waals surface area (Å²) in [4.78, 5) is 0. The van der Waals surface area contributed by atoms with E-state index in [9.17, 15) is 0 Å². The van der Waals surface area contributed by atoms with Gasteiger partial charge in [0.05, 0.1) is 0 Å². The van der Waals surface area contributed by atoms with Gasteiger partial charge >= 0.3 is 0 Å². The molecule has 0 fully saturated rings. The smallest absolute Gasteiger partial charge is 0.122 e. The zero-order valence-electron chi connectivity index (χ0n) is 10.2. The molecule has 0 aromatic heterocycles. The molecule has 0 aliphatic rings. The van der Waals surface area contributed by atoms with Crippen molar-refractivity contribution in [3.05, 3.63) is 65.7 Å². The maximum atomic E-state index is 5.88. The summed E-state index contributed by atoms with van der Waals surface area (Å²) in [5.74, 6) is 1.01. The largest absolute Gasteiger partial charge is 0.489 e. The van der Waals surface area contributed by atoms with E-state index in [1.54, 1.807) is 0 Å². The SMILES string of the molecule is CCCc1ccccc1OCc1ccccc1. The molecule has 88 valence electrons. The van der Waals surface area contributed by atoms with Gasteiger partial charge in [0.25, 0.3) is 0 Å². The molecule has 0 heterocycles. The fraction of sp³-hybridized carbons (Fsp3) is 0.250. The first-order valence-corrected chi connectivity index (χ1v) is 6.15. The average Bonchev–Trinajstić information content (AvgIpc) is 2.39. The Kier molecular flexibility index (Phi) is 4.20. The van der Waals surface area contributed by atoms with E-state index in [1.807, 2.05) is 30.3 Å². The predicted octanol–water partition coefficient (Wildman–Crippen LogP) is 4.22. The highest BCUT2D eigenvalue weighted by molar-refractivity contribution is 5.33. The van der Waals surface area contributed by atoms with Crippen molar-refractivity contribution >= 4 is 0 Å². The Labute approximate surface area is 103 Å². The zero-order valence-corrected chi connectivity index (χ0v) is 10.2. The molecule has 0 aliphatic heterocycles. The van der Waals surface area contributed by atoms with Gasteiger partial charge in [-0.05, 0) is 23.6 Å². The van der Waals surface area contributed by atoms with Crippen molar-refractivity contribution in [2.24, 2.45) is 0 Å². The van der Waals surface area contributed by atoms with E-state index in [2.05, 4.69) is 31.2 Å². The van der Waals surface area contributed by atoms with Crippen LogP contribution in [0.2, 0.25) is 0 Å². The molecule has 2 rings (SSSR count). The Hall–Kier alpha value is -1.76. The number of hydrogen-bond acceptors (Lipinski definition) is 1. The third kappa shape index (κ3) is 3.35. The summed E-state index contributed by atoms with van der Waals surface area (Å²) >= 11 is 0. The van der Waals surface area contributed by atoms with E-state index < -0.39 is 0 Å². The van der Waals surface area contributed by atoms with Gasteiger partial charge < -0.3 is 4.74 Å². The quantitative estimate of drug-likeness (QED) is 0.741. The van der Waals surface area contributed by atoms with Crippen molar-refractivity contribution in [3.8, 4) is 5.75 Å². The molecule has 2 aromatic rings. The first kappa shape index (κ1) is 11.7. The third-order valence-corrected chi connectivity index (χ3v) is 2.73. The van der Waals surface area contributed by atoms with Gasteiger partial charge in [-0.3, -0.25) is 0 Å². The van der Waals surface area contributed by atoms with Gasteiger partial charge in [0.15, 0.2) is 0 Å². The summed E-state index contributed by atoms with van der Waals surface area (Å²) in [6.45, 7) is 2.83. The van der Waals surface area contributed by atoms with Crippen LogP contribution in [-0.2, 0) is 13.0 Å². The summed E-state index contributed by atoms with van der Waals surface area (Å²) < 4.78 is 5.88. The van der Waals surface area contributed by atoms with Crippen LogP contribution in [0.5, 0.6) is 5.75 Å². The highest BCUT2D eigenvalue weighted by atomic mass is 16.5. The zero-order chi connectivity index (χ0) is 11.9. The van der Waals surface area contributed by atoms with Gasteiger partial charge in [0.2, 0.25) is 0 Å². The van der Waals surface area contributed by atoms with Gasteiger partial charge in [-0.15, -0.1) is 0 Å². The highest BCUT2D eigenvalue weighted by Crippen LogP contribution is 2.20. The van der Waals surface area contributed by atoms with Crippen LogP contribution in [0, 0.1) is 0 Å². The molecule has 0 atom stereocenters. The minimum Gasteiger partial charge on any atom is -0.489 e. The number of aryl methyl sites for hydroxylation is 1. The molecule has 1 heteroatoms. The monoisotopic (exact) mass is 226 g/mol. The summed E-state index contributed by atoms with van der Waals surface area (Å²) in [6, 6.07) is 18.6. The van der Waals surface area contributed by atoms with Crippen molar-refractivity contribution in [1.82, 2.24) is 0 Å². The van der Waals surface area contributed by atoms with Gasteiger partial charge in [-0.25, -0.2) is 0 Å². The summed E-state index contributed by atoms with van der Waals surface area (Å²) in [5.41, 5.74) is 2.50. The lowest BCUT2D eigenvalue weighted by atomic mass is 10.1. The lowest BCUT2D eigenvalue weighted by molar-refractivity contribution is 0.303. The fourth-order valence-corrected chi connectivity index (χ4v) is 1.86. The van der Waals surface area contributed by atoms with Crippen LogP contribution in [0.4, 0.5) is 0 Å². The molecule has 17 heavy (non-hydrogen) atoms. The van der Waals surface area contributed by atoms with Crippen LogP contribution >= 0.6 is 0 Å². The summed E-state index contributed by atoms with van der Waals surface area (Å²) in [6.07, 6.45) is 2.22. The van der Waals surface area contributed by atoms with Crippen LogP contribution in [0.25, 0.3) is 0 Å². The van der Waals surface area contributed by atoms with E-state index in [0.717, 1.165) is 18.6 Å². The molecule has 0 unspecified atom stereocenters. The number of para-hydroxylation sites is 1. The average molecular weight is 226 g/mol. The van der Waals surface area contributed by atoms with Crippen molar-refractivity contribution in [2.75, 3.05) is 0 Å². The molecule has 0 bridgehead atoms. The number of hydrogen-bond donors (Lipinski definition) is 0. The maximum absolute atomic E-state index is 5.88. The van der Waals surface area contributed by atoms with E-state index in [-0.39, 0.29) is 0 Å². The second-order valence-electron chi connectivity index (χ2n) is 4.13. The lowest BCUT2D eigenvalue weighted by Crippen LogP contribution is -1.98. The van der Waals surface area contributed by atoms with Crippen molar-refractivity contribution in [2.45, 2.75) is 26.4 Å². The second kappa shape index (κ2) is 6.09. The first-order chi connectivity index (χ1) is 8.40. The number of ether oxygens (including phenoxy) is 1. The van der Waals surface area contributed by atoms with E-state index in [4.69, 9.17) is 4.74 Å². The normalized spacial score (nSPS) is 10.2. The van der Waals surface area contributed by atoms with Gasteiger partial charge in [0, 0.05) is 0 Å². The van der Waals surface area contributed by atoms with Gasteiger partial charge in [-0.2, -0.15) is 0 Å². The lowest BCUT2D eigenvalue weighted by Gasteiger charge is -2.10. The Morgan fingerprint density at radius 2 is 1.59 bits per heavy atom. The van der Waals surface area contributed by atoms with Gasteiger partial charge in [-0.1, -0.05) is 61.9 Å². The van der Waals surface area contributed by atoms with Crippen LogP contribution < -0.4 is 4.74 Å². The molecule has 0 radical (unpaired) electrons. The molecule has 0 saturated carbocycles. The molecule has 0 N–H and O–H groups in total. The van der Waals surface area contributed by atoms with Crippen molar-refractivity contribution in [1.29, 1.82) is 0 Å². The molecule has 0 saturated heterocycles. The van der Waals surface area contributed by atoms with Crippen LogP contribution in [0.3, 0.4) is 0 Å². The molecule has 1 nitrogen and oxygen atoms in total. The number of benzene rings is 2. The van der Waals surface area contributed by atoms with E-state index >= 15 is 0 Å². The second-order valence-corrected chi connectivity index (χ2v) is 4.13. The maximum Gasteiger partial charge on any atom is 0.122 e. The van der Waals surface area contributed by atoms with E-state index in [1.165, 1.54) is 11.1 Å². The Bertz CT molecular complexity index is 448. The van der Waals surface area contributed by atoms with Crippen LogP contribution in [0.15, 0.2) is 54.6 Å². The summed E-state index contributed by atoms with van der Waals surface area (Å²) in [5, 5.41) is 0. The standard InChI is InChI=1S/C16H18O/c1-2-8-15-11-6-7-12-16(15)17-13-14-9-4-3-5-10-14/h3-7,9-12H,2,8,13H2,1H3. The minimum atomic E-state index is 0.640. The van der Waals surface area contributed by atoms with Crippen molar-refractivity contribution < 1.29 is 4.74 Å². The third-order valence-electron chi connectivity index (χ3n) is 2.73. The Morgan fingerprint density at radius 1 is 0.882 bits per heavy atom. The molecule has 0 spiro atoms. The summed E-state index contributed by atoms with van der Waals surface area (Å²) in [7, 11) is 0. The van der Waals surface area contributed by atoms with E-state index in [0.29, 0.717) is 6.61 Å². The van der Waals surface area contributed by atoms with Crippen LogP contribution in [0.1, 0.15) is 24.5 Å². The molecule has 0 aliphatic carbocycles. The molecule has 2 aromatic carbocycles. The predicted molar refractivity (Wildman–Crippen MR) is 71.2 cm³/mol.